The lowest BCUT2D eigenvalue weighted by Crippen LogP contribution is -2.23. The van der Waals surface area contributed by atoms with E-state index >= 15 is 0 Å². The van der Waals surface area contributed by atoms with Gasteiger partial charge in [-0.15, -0.1) is 0 Å². The van der Waals surface area contributed by atoms with Crippen LogP contribution >= 0.6 is 0 Å². The maximum absolute atomic E-state index is 12.4. The Morgan fingerprint density at radius 1 is 1.04 bits per heavy atom. The number of ether oxygens (including phenoxy) is 1. The third kappa shape index (κ3) is 4.41. The summed E-state index contributed by atoms with van der Waals surface area (Å²) in [5.74, 6) is -0.926. The van der Waals surface area contributed by atoms with E-state index in [2.05, 4.69) is 0 Å². The zero-order chi connectivity index (χ0) is 19.3. The largest absolute Gasteiger partial charge is 0.458 e. The standard InChI is InChI=1S/C18H18N2O6/c1-3-17(12(2)13-7-5-4-6-8-13)26-18(21)14-9-15(19(22)23)11-16(10-14)20(24)25/h4-12,17H,3H2,1-2H3/t12-,17+/m0/s1. The van der Waals surface area contributed by atoms with Crippen molar-refractivity contribution in [1.29, 1.82) is 0 Å². The highest BCUT2D eigenvalue weighted by Gasteiger charge is 2.25. The highest BCUT2D eigenvalue weighted by atomic mass is 16.6. The Balaban J connectivity index is 2.27. The van der Waals surface area contributed by atoms with E-state index in [0.717, 1.165) is 23.8 Å². The summed E-state index contributed by atoms with van der Waals surface area (Å²) in [6, 6.07) is 12.2. The quantitative estimate of drug-likeness (QED) is 0.415. The van der Waals surface area contributed by atoms with Crippen LogP contribution in [0.3, 0.4) is 0 Å². The number of benzene rings is 2. The molecule has 8 heteroatoms. The van der Waals surface area contributed by atoms with Gasteiger partial charge >= 0.3 is 5.97 Å². The van der Waals surface area contributed by atoms with Crippen LogP contribution in [0.5, 0.6) is 0 Å². The molecule has 0 aliphatic heterocycles. The number of carbonyl (C=O) groups is 1. The van der Waals surface area contributed by atoms with Gasteiger partial charge in [-0.1, -0.05) is 44.2 Å². The van der Waals surface area contributed by atoms with Crippen LogP contribution in [0.15, 0.2) is 48.5 Å². The maximum atomic E-state index is 12.4. The van der Waals surface area contributed by atoms with Crippen LogP contribution in [-0.4, -0.2) is 21.9 Å². The van der Waals surface area contributed by atoms with Gasteiger partial charge in [-0.3, -0.25) is 20.2 Å². The SMILES string of the molecule is CC[C@@H](OC(=O)c1cc([N+](=O)[O-])cc([N+](=O)[O-])c1)[C@@H](C)c1ccccc1. The molecule has 2 aromatic rings. The molecule has 2 rings (SSSR count). The molecule has 26 heavy (non-hydrogen) atoms. The summed E-state index contributed by atoms with van der Waals surface area (Å²) in [7, 11) is 0. The van der Waals surface area contributed by atoms with Crippen molar-refractivity contribution in [2.24, 2.45) is 0 Å². The van der Waals surface area contributed by atoms with Crippen molar-refractivity contribution < 1.29 is 19.4 Å². The summed E-state index contributed by atoms with van der Waals surface area (Å²) < 4.78 is 5.49. The van der Waals surface area contributed by atoms with Crippen LogP contribution in [0.1, 0.15) is 42.1 Å². The highest BCUT2D eigenvalue weighted by Crippen LogP contribution is 2.27. The predicted octanol–water partition coefficient (Wildman–Crippen LogP) is 4.24. The van der Waals surface area contributed by atoms with Crippen molar-refractivity contribution in [3.05, 3.63) is 79.9 Å². The molecule has 8 nitrogen and oxygen atoms in total. The average Bonchev–Trinajstić information content (AvgIpc) is 2.65. The monoisotopic (exact) mass is 358 g/mol. The summed E-state index contributed by atoms with van der Waals surface area (Å²) in [6.45, 7) is 3.76. The number of non-ortho nitro benzene ring substituents is 2. The highest BCUT2D eigenvalue weighted by molar-refractivity contribution is 5.91. The molecule has 0 aliphatic rings. The summed E-state index contributed by atoms with van der Waals surface area (Å²) in [4.78, 5) is 32.8. The van der Waals surface area contributed by atoms with Gasteiger partial charge in [0.2, 0.25) is 0 Å². The van der Waals surface area contributed by atoms with Gasteiger partial charge in [0.15, 0.2) is 0 Å². The number of nitro benzene ring substituents is 2. The van der Waals surface area contributed by atoms with E-state index in [1.807, 2.05) is 44.2 Å². The van der Waals surface area contributed by atoms with E-state index in [1.165, 1.54) is 0 Å². The van der Waals surface area contributed by atoms with Crippen molar-refractivity contribution in [2.45, 2.75) is 32.3 Å². The van der Waals surface area contributed by atoms with E-state index in [4.69, 9.17) is 4.74 Å². The summed E-state index contributed by atoms with van der Waals surface area (Å²) >= 11 is 0. The van der Waals surface area contributed by atoms with Crippen molar-refractivity contribution in [3.8, 4) is 0 Å². The zero-order valence-corrected chi connectivity index (χ0v) is 14.3. The molecule has 0 spiro atoms. The second kappa shape index (κ2) is 8.19. The number of rotatable bonds is 7. The minimum absolute atomic E-state index is 0.0983. The van der Waals surface area contributed by atoms with Gasteiger partial charge in [-0.2, -0.15) is 0 Å². The predicted molar refractivity (Wildman–Crippen MR) is 94.1 cm³/mol. The molecule has 0 unspecified atom stereocenters. The fourth-order valence-electron chi connectivity index (χ4n) is 2.64. The molecular weight excluding hydrogens is 340 g/mol. The lowest BCUT2D eigenvalue weighted by atomic mass is 9.94. The summed E-state index contributed by atoms with van der Waals surface area (Å²) in [5, 5.41) is 21.9. The second-order valence-corrected chi connectivity index (χ2v) is 5.80. The van der Waals surface area contributed by atoms with Crippen LogP contribution in [0.25, 0.3) is 0 Å². The van der Waals surface area contributed by atoms with Crippen LogP contribution in [-0.2, 0) is 4.74 Å². The molecule has 0 aromatic heterocycles. The van der Waals surface area contributed by atoms with E-state index in [-0.39, 0.29) is 11.5 Å². The number of carbonyl (C=O) groups excluding carboxylic acids is 1. The first-order valence-corrected chi connectivity index (χ1v) is 8.03. The van der Waals surface area contributed by atoms with Gasteiger partial charge in [-0.05, 0) is 12.0 Å². The molecule has 2 atom stereocenters. The normalized spacial score (nSPS) is 12.8. The Kier molecular flexibility index (Phi) is 6.00. The Bertz CT molecular complexity index is 789. The first-order chi connectivity index (χ1) is 12.3. The van der Waals surface area contributed by atoms with Gasteiger partial charge in [-0.25, -0.2) is 4.79 Å². The fourth-order valence-corrected chi connectivity index (χ4v) is 2.64. The summed E-state index contributed by atoms with van der Waals surface area (Å²) in [5.41, 5.74) is -0.299. The zero-order valence-electron chi connectivity index (χ0n) is 14.3. The third-order valence-corrected chi connectivity index (χ3v) is 4.10. The van der Waals surface area contributed by atoms with Crippen molar-refractivity contribution >= 4 is 17.3 Å². The molecule has 2 aromatic carbocycles. The molecule has 0 saturated carbocycles. The Hall–Kier alpha value is -3.29. The minimum Gasteiger partial charge on any atom is -0.458 e. The average molecular weight is 358 g/mol. The number of hydrogen-bond acceptors (Lipinski definition) is 6. The Morgan fingerprint density at radius 3 is 2.04 bits per heavy atom. The second-order valence-electron chi connectivity index (χ2n) is 5.80. The van der Waals surface area contributed by atoms with Crippen molar-refractivity contribution in [2.75, 3.05) is 0 Å². The third-order valence-electron chi connectivity index (χ3n) is 4.10. The molecule has 0 saturated heterocycles. The molecule has 0 N–H and O–H groups in total. The Morgan fingerprint density at radius 2 is 1.58 bits per heavy atom. The molecule has 0 heterocycles. The van der Waals surface area contributed by atoms with Crippen LogP contribution < -0.4 is 0 Å². The number of hydrogen-bond donors (Lipinski definition) is 0. The van der Waals surface area contributed by atoms with Crippen molar-refractivity contribution in [3.63, 3.8) is 0 Å². The van der Waals surface area contributed by atoms with Crippen LogP contribution in [0.4, 0.5) is 11.4 Å². The molecule has 0 amide bonds. The smallest absolute Gasteiger partial charge is 0.338 e. The molecular formula is C18H18N2O6. The van der Waals surface area contributed by atoms with Gasteiger partial charge in [0.25, 0.3) is 11.4 Å². The summed E-state index contributed by atoms with van der Waals surface area (Å²) in [6.07, 6.45) is 0.0574. The minimum atomic E-state index is -0.827. The van der Waals surface area contributed by atoms with E-state index in [0.29, 0.717) is 6.42 Å². The topological polar surface area (TPSA) is 113 Å². The molecule has 136 valence electrons. The van der Waals surface area contributed by atoms with Gasteiger partial charge in [0.1, 0.15) is 6.10 Å². The molecule has 0 radical (unpaired) electrons. The molecule has 0 fully saturated rings. The molecule has 0 bridgehead atoms. The number of nitrogens with zero attached hydrogens (tertiary/aromatic N) is 2. The van der Waals surface area contributed by atoms with E-state index < -0.39 is 33.3 Å². The molecule has 0 aliphatic carbocycles. The van der Waals surface area contributed by atoms with Crippen LogP contribution in [0.2, 0.25) is 0 Å². The Labute approximate surface area is 149 Å². The number of nitro groups is 2. The lowest BCUT2D eigenvalue weighted by molar-refractivity contribution is -0.394. The first-order valence-electron chi connectivity index (χ1n) is 8.03. The first kappa shape index (κ1) is 19.0. The van der Waals surface area contributed by atoms with Gasteiger partial charge in [0.05, 0.1) is 21.5 Å². The van der Waals surface area contributed by atoms with Crippen molar-refractivity contribution in [1.82, 2.24) is 0 Å². The van der Waals surface area contributed by atoms with Crippen LogP contribution in [0, 0.1) is 20.2 Å². The van der Waals surface area contributed by atoms with E-state index in [1.54, 1.807) is 0 Å². The fraction of sp³-hybridized carbons (Fsp3) is 0.278. The van der Waals surface area contributed by atoms with Gasteiger partial charge < -0.3 is 4.74 Å². The lowest BCUT2D eigenvalue weighted by Gasteiger charge is -2.23. The van der Waals surface area contributed by atoms with E-state index in [9.17, 15) is 25.0 Å². The number of esters is 1. The maximum Gasteiger partial charge on any atom is 0.338 e. The van der Waals surface area contributed by atoms with Gasteiger partial charge in [0, 0.05) is 18.1 Å².